The summed E-state index contributed by atoms with van der Waals surface area (Å²) in [5, 5.41) is 25.0. The van der Waals surface area contributed by atoms with Crippen molar-refractivity contribution in [1.82, 2.24) is 4.98 Å². The van der Waals surface area contributed by atoms with Gasteiger partial charge in [-0.25, -0.2) is 0 Å². The molecule has 9 nitrogen and oxygen atoms in total. The number of aromatic nitrogens is 1. The van der Waals surface area contributed by atoms with Crippen molar-refractivity contribution < 1.29 is 29.3 Å². The van der Waals surface area contributed by atoms with Crippen molar-refractivity contribution in [3.63, 3.8) is 0 Å². The Morgan fingerprint density at radius 2 is 2.12 bits per heavy atom. The summed E-state index contributed by atoms with van der Waals surface area (Å²) in [6.45, 7) is 11.4. The lowest BCUT2D eigenvalue weighted by Gasteiger charge is -2.25. The van der Waals surface area contributed by atoms with Crippen LogP contribution in [0.2, 0.25) is 0 Å². The highest BCUT2D eigenvalue weighted by atomic mass is 16.8. The average molecular weight is 464 g/mol. The van der Waals surface area contributed by atoms with Gasteiger partial charge in [-0.05, 0) is 65.5 Å². The number of hydrogen-bond donors (Lipinski definition) is 2. The second-order valence-electron chi connectivity index (χ2n) is 9.80. The summed E-state index contributed by atoms with van der Waals surface area (Å²) in [6.07, 6.45) is -0.157. The molecule has 9 heteroatoms. The standard InChI is InChI=1S/C24H37N3O6/c1-14-12-18-17(25-16(14)3)8-6-7-10-27(18)11-9-15(2)26-30-13-19(28)21-20(29)22-23(31-21)33-24(4,5)32-22/h12,19-23,28-29H,6-11,13H2,1-5H3/t19-,20-,21-,22+,23-/m1/s1. The molecular formula is C24H37N3O6. The molecule has 2 saturated heterocycles. The maximum atomic E-state index is 10.4. The van der Waals surface area contributed by atoms with Crippen LogP contribution in [0.25, 0.3) is 0 Å². The minimum atomic E-state index is -1.05. The Kier molecular flexibility index (Phi) is 7.26. The largest absolute Gasteiger partial charge is 0.393 e. The van der Waals surface area contributed by atoms with Crippen LogP contribution in [0.3, 0.4) is 0 Å². The van der Waals surface area contributed by atoms with Crippen LogP contribution in [0.4, 0.5) is 5.69 Å². The maximum absolute atomic E-state index is 10.4. The van der Waals surface area contributed by atoms with Gasteiger partial charge in [0.05, 0.1) is 17.1 Å². The number of hydrogen-bond acceptors (Lipinski definition) is 9. The highest BCUT2D eigenvalue weighted by Crippen LogP contribution is 2.38. The maximum Gasteiger partial charge on any atom is 0.190 e. The van der Waals surface area contributed by atoms with Gasteiger partial charge in [0.2, 0.25) is 0 Å². The summed E-state index contributed by atoms with van der Waals surface area (Å²) in [4.78, 5) is 12.6. The molecular weight excluding hydrogens is 426 g/mol. The van der Waals surface area contributed by atoms with Crippen molar-refractivity contribution in [2.24, 2.45) is 5.16 Å². The summed E-state index contributed by atoms with van der Waals surface area (Å²) in [5.74, 6) is -0.814. The normalized spacial score (nSPS) is 30.0. The summed E-state index contributed by atoms with van der Waals surface area (Å²) in [5.41, 5.74) is 5.55. The first kappa shape index (κ1) is 24.3. The molecule has 184 valence electrons. The van der Waals surface area contributed by atoms with E-state index in [9.17, 15) is 10.2 Å². The zero-order valence-corrected chi connectivity index (χ0v) is 20.3. The zero-order chi connectivity index (χ0) is 23.8. The number of rotatable bonds is 7. The minimum absolute atomic E-state index is 0.0865. The van der Waals surface area contributed by atoms with Gasteiger partial charge >= 0.3 is 0 Å². The molecule has 2 N–H and O–H groups in total. The van der Waals surface area contributed by atoms with Gasteiger partial charge in [0.25, 0.3) is 0 Å². The average Bonchev–Trinajstić information content (AvgIpc) is 3.12. The number of pyridine rings is 1. The van der Waals surface area contributed by atoms with E-state index >= 15 is 0 Å². The van der Waals surface area contributed by atoms with Crippen LogP contribution in [0.1, 0.15) is 57.0 Å². The fraction of sp³-hybridized carbons (Fsp3) is 0.750. The third kappa shape index (κ3) is 5.49. The third-order valence-corrected chi connectivity index (χ3v) is 6.60. The third-order valence-electron chi connectivity index (χ3n) is 6.60. The first-order valence-corrected chi connectivity index (χ1v) is 11.9. The molecule has 3 aliphatic heterocycles. The fourth-order valence-corrected chi connectivity index (χ4v) is 4.64. The fourth-order valence-electron chi connectivity index (χ4n) is 4.64. The second-order valence-corrected chi connectivity index (χ2v) is 9.80. The van der Waals surface area contributed by atoms with Crippen LogP contribution in [-0.4, -0.2) is 77.1 Å². The number of anilines is 1. The van der Waals surface area contributed by atoms with Gasteiger partial charge in [-0.2, -0.15) is 0 Å². The molecule has 0 bridgehead atoms. The zero-order valence-electron chi connectivity index (χ0n) is 20.3. The van der Waals surface area contributed by atoms with E-state index in [1.54, 1.807) is 13.8 Å². The predicted octanol–water partition coefficient (Wildman–Crippen LogP) is 2.22. The van der Waals surface area contributed by atoms with E-state index in [1.807, 2.05) is 6.92 Å². The molecule has 4 heterocycles. The van der Waals surface area contributed by atoms with E-state index in [-0.39, 0.29) is 6.61 Å². The first-order chi connectivity index (χ1) is 15.6. The lowest BCUT2D eigenvalue weighted by Crippen LogP contribution is -2.42. The summed E-state index contributed by atoms with van der Waals surface area (Å²) in [7, 11) is 0. The van der Waals surface area contributed by atoms with Gasteiger partial charge in [-0.1, -0.05) is 5.16 Å². The number of oxime groups is 1. The number of fused-ring (bicyclic) bond motifs is 2. The molecule has 3 aliphatic rings. The van der Waals surface area contributed by atoms with Gasteiger partial charge in [-0.3, -0.25) is 4.98 Å². The molecule has 0 saturated carbocycles. The molecule has 0 aromatic carbocycles. The molecule has 0 radical (unpaired) electrons. The van der Waals surface area contributed by atoms with Crippen LogP contribution < -0.4 is 4.90 Å². The Hall–Kier alpha value is -1.78. The SMILES string of the molecule is CC(CCN1CCCCc2nc(C)c(C)cc21)=NOC[C@@H](O)[C@H]1O[C@@H]2OC(C)(C)O[C@H]2[C@@H]1O. The Balaban J connectivity index is 1.26. The molecule has 1 aromatic rings. The monoisotopic (exact) mass is 463 g/mol. The molecule has 0 aliphatic carbocycles. The molecule has 1 aromatic heterocycles. The van der Waals surface area contributed by atoms with Gasteiger partial charge in [0.15, 0.2) is 12.1 Å². The molecule has 0 spiro atoms. The van der Waals surface area contributed by atoms with E-state index in [1.165, 1.54) is 16.9 Å². The van der Waals surface area contributed by atoms with Crippen molar-refractivity contribution in [3.05, 3.63) is 23.0 Å². The van der Waals surface area contributed by atoms with Crippen molar-refractivity contribution >= 4 is 11.4 Å². The molecule has 2 fully saturated rings. The quantitative estimate of drug-likeness (QED) is 0.468. The number of nitrogens with zero attached hydrogens (tertiary/aromatic N) is 3. The Morgan fingerprint density at radius 1 is 1.33 bits per heavy atom. The van der Waals surface area contributed by atoms with Crippen LogP contribution in [0, 0.1) is 13.8 Å². The smallest absolute Gasteiger partial charge is 0.190 e. The topological polar surface area (TPSA) is 106 Å². The van der Waals surface area contributed by atoms with E-state index in [0.29, 0.717) is 0 Å². The molecule has 33 heavy (non-hydrogen) atoms. The van der Waals surface area contributed by atoms with Gasteiger partial charge in [0.1, 0.15) is 31.0 Å². The number of ether oxygens (including phenoxy) is 3. The van der Waals surface area contributed by atoms with Crippen LogP contribution in [0.5, 0.6) is 0 Å². The van der Waals surface area contributed by atoms with E-state index in [2.05, 4.69) is 30.0 Å². The van der Waals surface area contributed by atoms with Gasteiger partial charge < -0.3 is 34.2 Å². The number of aryl methyl sites for hydroxylation is 3. The van der Waals surface area contributed by atoms with Crippen molar-refractivity contribution in [2.45, 2.75) is 96.8 Å². The number of aliphatic hydroxyl groups is 2. The Labute approximate surface area is 195 Å². The van der Waals surface area contributed by atoms with Crippen LogP contribution in [0.15, 0.2) is 11.2 Å². The molecule has 0 amide bonds. The van der Waals surface area contributed by atoms with Crippen molar-refractivity contribution in [2.75, 3.05) is 24.6 Å². The highest BCUT2D eigenvalue weighted by Gasteiger charge is 2.56. The van der Waals surface area contributed by atoms with Crippen LogP contribution in [-0.2, 0) is 25.5 Å². The Morgan fingerprint density at radius 3 is 2.88 bits per heavy atom. The van der Waals surface area contributed by atoms with E-state index in [4.69, 9.17) is 24.0 Å². The molecule has 5 atom stereocenters. The van der Waals surface area contributed by atoms with Gasteiger partial charge in [-0.15, -0.1) is 0 Å². The first-order valence-electron chi connectivity index (χ1n) is 11.9. The summed E-state index contributed by atoms with van der Waals surface area (Å²) >= 11 is 0. The predicted molar refractivity (Wildman–Crippen MR) is 123 cm³/mol. The second kappa shape index (κ2) is 9.84. The summed E-state index contributed by atoms with van der Waals surface area (Å²) in [6, 6.07) is 2.25. The Bertz CT molecular complexity index is 876. The highest BCUT2D eigenvalue weighted by molar-refractivity contribution is 5.81. The minimum Gasteiger partial charge on any atom is -0.393 e. The lowest BCUT2D eigenvalue weighted by molar-refractivity contribution is -0.228. The van der Waals surface area contributed by atoms with Crippen molar-refractivity contribution in [1.29, 1.82) is 0 Å². The van der Waals surface area contributed by atoms with E-state index < -0.39 is 36.5 Å². The van der Waals surface area contributed by atoms with Gasteiger partial charge in [0, 0.05) is 25.2 Å². The molecule has 0 unspecified atom stereocenters. The summed E-state index contributed by atoms with van der Waals surface area (Å²) < 4.78 is 16.9. The van der Waals surface area contributed by atoms with Crippen LogP contribution >= 0.6 is 0 Å². The van der Waals surface area contributed by atoms with Crippen molar-refractivity contribution in [3.8, 4) is 0 Å². The number of aliphatic hydroxyl groups excluding tert-OH is 2. The van der Waals surface area contributed by atoms with E-state index in [0.717, 1.165) is 50.2 Å². The lowest BCUT2D eigenvalue weighted by atomic mass is 10.1. The molecule has 4 rings (SSSR count).